The zero-order valence-corrected chi connectivity index (χ0v) is 14.2. The molecule has 0 fully saturated rings. The standard InChI is InChI=1S/C17H25N3O2/c1-16(2,3)13-9-7-12(8-10-13)11-18-20-15(22)14(21)19-17(4,5)6/h7-11H,1-6H3,(H,19,21)(H,20,22)/b18-11-. The minimum Gasteiger partial charge on any atom is -0.343 e. The molecule has 5 heteroatoms. The quantitative estimate of drug-likeness (QED) is 0.500. The Hall–Kier alpha value is -2.17. The number of hydrogen-bond donors (Lipinski definition) is 2. The van der Waals surface area contributed by atoms with Gasteiger partial charge < -0.3 is 5.32 Å². The first-order valence-electron chi connectivity index (χ1n) is 7.25. The Morgan fingerprint density at radius 1 is 0.955 bits per heavy atom. The molecule has 0 radical (unpaired) electrons. The van der Waals surface area contributed by atoms with Crippen molar-refractivity contribution in [2.75, 3.05) is 0 Å². The molecule has 0 heterocycles. The minimum atomic E-state index is -0.780. The Labute approximate surface area is 132 Å². The van der Waals surface area contributed by atoms with Crippen LogP contribution in [0.1, 0.15) is 52.7 Å². The Morgan fingerprint density at radius 3 is 1.95 bits per heavy atom. The van der Waals surface area contributed by atoms with E-state index in [-0.39, 0.29) is 5.41 Å². The van der Waals surface area contributed by atoms with Gasteiger partial charge in [-0.2, -0.15) is 5.10 Å². The second-order valence-corrected chi connectivity index (χ2v) is 7.28. The van der Waals surface area contributed by atoms with Crippen molar-refractivity contribution in [2.24, 2.45) is 5.10 Å². The smallest absolute Gasteiger partial charge is 0.329 e. The van der Waals surface area contributed by atoms with Gasteiger partial charge >= 0.3 is 11.8 Å². The van der Waals surface area contributed by atoms with Gasteiger partial charge in [-0.1, -0.05) is 45.0 Å². The van der Waals surface area contributed by atoms with Crippen molar-refractivity contribution in [3.8, 4) is 0 Å². The first-order valence-corrected chi connectivity index (χ1v) is 7.25. The highest BCUT2D eigenvalue weighted by atomic mass is 16.2. The summed E-state index contributed by atoms with van der Waals surface area (Å²) >= 11 is 0. The van der Waals surface area contributed by atoms with Gasteiger partial charge in [0.15, 0.2) is 0 Å². The molecule has 1 rings (SSSR count). The topological polar surface area (TPSA) is 70.6 Å². The lowest BCUT2D eigenvalue weighted by molar-refractivity contribution is -0.140. The zero-order chi connectivity index (χ0) is 17.0. The van der Waals surface area contributed by atoms with E-state index in [0.717, 1.165) is 5.56 Å². The van der Waals surface area contributed by atoms with Gasteiger partial charge in [0.05, 0.1) is 6.21 Å². The summed E-state index contributed by atoms with van der Waals surface area (Å²) in [7, 11) is 0. The number of carbonyl (C=O) groups excluding carboxylic acids is 2. The van der Waals surface area contributed by atoms with E-state index in [9.17, 15) is 9.59 Å². The van der Waals surface area contributed by atoms with E-state index in [2.05, 4.69) is 36.6 Å². The fourth-order valence-electron chi connectivity index (χ4n) is 1.68. The average molecular weight is 303 g/mol. The van der Waals surface area contributed by atoms with Crippen LogP contribution in [-0.2, 0) is 15.0 Å². The largest absolute Gasteiger partial charge is 0.343 e. The van der Waals surface area contributed by atoms with E-state index in [1.807, 2.05) is 24.3 Å². The molecule has 2 amide bonds. The highest BCUT2D eigenvalue weighted by Crippen LogP contribution is 2.21. The molecule has 0 bridgehead atoms. The lowest BCUT2D eigenvalue weighted by Crippen LogP contribution is -2.47. The molecule has 5 nitrogen and oxygen atoms in total. The number of benzene rings is 1. The lowest BCUT2D eigenvalue weighted by atomic mass is 9.87. The molecule has 0 aliphatic rings. The Bertz CT molecular complexity index is 561. The van der Waals surface area contributed by atoms with Crippen LogP contribution in [0, 0.1) is 0 Å². The van der Waals surface area contributed by atoms with Crippen LogP contribution in [0.2, 0.25) is 0 Å². The number of amides is 2. The van der Waals surface area contributed by atoms with Crippen molar-refractivity contribution >= 4 is 18.0 Å². The molecule has 0 unspecified atom stereocenters. The molecule has 1 aromatic carbocycles. The number of hydrazone groups is 1. The first-order chi connectivity index (χ1) is 9.99. The highest BCUT2D eigenvalue weighted by molar-refractivity contribution is 6.35. The Morgan fingerprint density at radius 2 is 1.50 bits per heavy atom. The van der Waals surface area contributed by atoms with Gasteiger partial charge in [-0.15, -0.1) is 0 Å². The SMILES string of the molecule is CC(C)(C)NC(=O)C(=O)N/N=C\c1ccc(C(C)(C)C)cc1. The molecule has 0 atom stereocenters. The van der Waals surface area contributed by atoms with Crippen molar-refractivity contribution in [3.05, 3.63) is 35.4 Å². The molecular weight excluding hydrogens is 278 g/mol. The summed E-state index contributed by atoms with van der Waals surface area (Å²) in [6.07, 6.45) is 1.51. The molecule has 0 aromatic heterocycles. The summed E-state index contributed by atoms with van der Waals surface area (Å²) in [4.78, 5) is 23.1. The van der Waals surface area contributed by atoms with E-state index in [1.165, 1.54) is 11.8 Å². The highest BCUT2D eigenvalue weighted by Gasteiger charge is 2.19. The molecule has 0 spiro atoms. The molecule has 2 N–H and O–H groups in total. The van der Waals surface area contributed by atoms with Crippen LogP contribution in [0.4, 0.5) is 0 Å². The van der Waals surface area contributed by atoms with Crippen LogP contribution in [0.5, 0.6) is 0 Å². The van der Waals surface area contributed by atoms with E-state index in [4.69, 9.17) is 0 Å². The van der Waals surface area contributed by atoms with Crippen LogP contribution >= 0.6 is 0 Å². The summed E-state index contributed by atoms with van der Waals surface area (Å²) in [5.74, 6) is -1.48. The van der Waals surface area contributed by atoms with Gasteiger partial charge in [0.2, 0.25) is 0 Å². The average Bonchev–Trinajstić information content (AvgIpc) is 2.36. The van der Waals surface area contributed by atoms with Crippen molar-refractivity contribution in [1.82, 2.24) is 10.7 Å². The van der Waals surface area contributed by atoms with Crippen molar-refractivity contribution < 1.29 is 9.59 Å². The second-order valence-electron chi connectivity index (χ2n) is 7.28. The monoisotopic (exact) mass is 303 g/mol. The molecule has 1 aromatic rings. The van der Waals surface area contributed by atoms with E-state index >= 15 is 0 Å². The number of rotatable bonds is 2. The van der Waals surface area contributed by atoms with E-state index in [0.29, 0.717) is 0 Å². The maximum Gasteiger partial charge on any atom is 0.329 e. The van der Waals surface area contributed by atoms with E-state index < -0.39 is 17.4 Å². The summed E-state index contributed by atoms with van der Waals surface area (Å²) < 4.78 is 0. The van der Waals surface area contributed by atoms with Crippen molar-refractivity contribution in [1.29, 1.82) is 0 Å². The van der Waals surface area contributed by atoms with E-state index in [1.54, 1.807) is 20.8 Å². The van der Waals surface area contributed by atoms with Crippen LogP contribution in [0.15, 0.2) is 29.4 Å². The fourth-order valence-corrected chi connectivity index (χ4v) is 1.68. The molecule has 120 valence electrons. The predicted molar refractivity (Wildman–Crippen MR) is 88.8 cm³/mol. The van der Waals surface area contributed by atoms with Crippen LogP contribution in [0.3, 0.4) is 0 Å². The number of nitrogens with zero attached hydrogens (tertiary/aromatic N) is 1. The van der Waals surface area contributed by atoms with Crippen molar-refractivity contribution in [3.63, 3.8) is 0 Å². The number of carbonyl (C=O) groups is 2. The van der Waals surface area contributed by atoms with Crippen LogP contribution < -0.4 is 10.7 Å². The molecule has 0 saturated carbocycles. The molecular formula is C17H25N3O2. The Balaban J connectivity index is 2.59. The molecule has 0 aliphatic carbocycles. The van der Waals surface area contributed by atoms with Gasteiger partial charge in [0, 0.05) is 5.54 Å². The summed E-state index contributed by atoms with van der Waals surface area (Å²) in [6.45, 7) is 11.8. The third-order valence-electron chi connectivity index (χ3n) is 2.85. The summed E-state index contributed by atoms with van der Waals surface area (Å²) in [6, 6.07) is 7.89. The van der Waals surface area contributed by atoms with Gasteiger partial charge in [0.25, 0.3) is 0 Å². The van der Waals surface area contributed by atoms with Crippen molar-refractivity contribution in [2.45, 2.75) is 52.5 Å². The molecule has 0 aliphatic heterocycles. The summed E-state index contributed by atoms with van der Waals surface area (Å²) in [5.41, 5.74) is 3.92. The zero-order valence-electron chi connectivity index (χ0n) is 14.2. The maximum atomic E-state index is 11.6. The number of nitrogens with one attached hydrogen (secondary N) is 2. The Kier molecular flexibility index (Phi) is 5.47. The number of hydrogen-bond acceptors (Lipinski definition) is 3. The van der Waals surface area contributed by atoms with Gasteiger partial charge in [-0.05, 0) is 37.3 Å². The van der Waals surface area contributed by atoms with Crippen LogP contribution in [0.25, 0.3) is 0 Å². The maximum absolute atomic E-state index is 11.6. The van der Waals surface area contributed by atoms with Gasteiger partial charge in [-0.3, -0.25) is 9.59 Å². The normalized spacial score (nSPS) is 12.3. The van der Waals surface area contributed by atoms with Gasteiger partial charge in [-0.25, -0.2) is 5.43 Å². The lowest BCUT2D eigenvalue weighted by Gasteiger charge is -2.19. The minimum absolute atomic E-state index is 0.0922. The second kappa shape index (κ2) is 6.73. The molecule has 22 heavy (non-hydrogen) atoms. The summed E-state index contributed by atoms with van der Waals surface area (Å²) in [5, 5.41) is 6.37. The molecule has 0 saturated heterocycles. The predicted octanol–water partition coefficient (Wildman–Crippen LogP) is 2.35. The third kappa shape index (κ3) is 6.08. The fraction of sp³-hybridized carbons (Fsp3) is 0.471. The van der Waals surface area contributed by atoms with Crippen LogP contribution in [-0.4, -0.2) is 23.6 Å². The third-order valence-corrected chi connectivity index (χ3v) is 2.85. The van der Waals surface area contributed by atoms with Gasteiger partial charge in [0.1, 0.15) is 0 Å². The first kappa shape index (κ1) is 17.9.